The summed E-state index contributed by atoms with van der Waals surface area (Å²) in [6.45, 7) is 0. The average Bonchev–Trinajstić information content (AvgIpc) is 2.39. The van der Waals surface area contributed by atoms with E-state index in [0.29, 0.717) is 0 Å². The summed E-state index contributed by atoms with van der Waals surface area (Å²) in [4.78, 5) is 44.3. The summed E-state index contributed by atoms with van der Waals surface area (Å²) < 4.78 is 0.448. The molecule has 0 spiro atoms. The van der Waals surface area contributed by atoms with Gasteiger partial charge in [-0.05, 0) is 51.2 Å². The molecule has 2 amide bonds. The fourth-order valence-electron chi connectivity index (χ4n) is 1.33. The van der Waals surface area contributed by atoms with E-state index in [9.17, 15) is 24.3 Å². The van der Waals surface area contributed by atoms with Crippen LogP contribution in [0.5, 0.6) is 5.75 Å². The van der Waals surface area contributed by atoms with Gasteiger partial charge in [-0.3, -0.25) is 9.59 Å². The van der Waals surface area contributed by atoms with E-state index in [4.69, 9.17) is 5.73 Å². The Kier molecular flexibility index (Phi) is 5.86. The first-order valence-corrected chi connectivity index (χ1v) is 7.21. The molecule has 0 unspecified atom stereocenters. The largest absolute Gasteiger partial charge is 0.507 e. The van der Waals surface area contributed by atoms with Gasteiger partial charge in [-0.2, -0.15) is 0 Å². The van der Waals surface area contributed by atoms with Crippen molar-refractivity contribution < 1.29 is 24.3 Å². The van der Waals surface area contributed by atoms with Crippen LogP contribution in [0.1, 0.15) is 20.7 Å². The molecular formula is C11H8I2N2O5. The van der Waals surface area contributed by atoms with Crippen molar-refractivity contribution in [1.29, 1.82) is 0 Å². The normalized spacial score (nSPS) is 10.2. The van der Waals surface area contributed by atoms with Gasteiger partial charge < -0.3 is 25.7 Å². The number of rotatable bonds is 5. The Hall–Kier alpha value is -1.24. The van der Waals surface area contributed by atoms with E-state index in [2.05, 4.69) is 5.32 Å². The number of nitrogens with two attached hydrogens (primary N) is 1. The number of phenols is 1. The monoisotopic (exact) mass is 502 g/mol. The molecule has 20 heavy (non-hydrogen) atoms. The number of hydrogen-bond acceptors (Lipinski definition) is 5. The lowest BCUT2D eigenvalue weighted by molar-refractivity contribution is -0.116. The predicted molar refractivity (Wildman–Crippen MR) is 85.4 cm³/mol. The van der Waals surface area contributed by atoms with Crippen molar-refractivity contribution in [2.75, 3.05) is 0 Å². The van der Waals surface area contributed by atoms with E-state index in [1.807, 2.05) is 0 Å². The Bertz CT molecular complexity index is 595. The number of primary amides is 1. The lowest BCUT2D eigenvalue weighted by Gasteiger charge is -2.12. The molecule has 0 heterocycles. The van der Waals surface area contributed by atoms with Crippen molar-refractivity contribution in [3.63, 3.8) is 0 Å². The fourth-order valence-corrected chi connectivity index (χ4v) is 3.48. The molecular weight excluding hydrogens is 494 g/mol. The first-order chi connectivity index (χ1) is 9.33. The molecule has 0 aliphatic carbocycles. The van der Waals surface area contributed by atoms with Crippen LogP contribution in [0.3, 0.4) is 0 Å². The Labute approximate surface area is 140 Å². The average molecular weight is 502 g/mol. The summed E-state index contributed by atoms with van der Waals surface area (Å²) in [5.41, 5.74) is 5.16. The summed E-state index contributed by atoms with van der Waals surface area (Å²) in [6, 6.07) is -0.158. The van der Waals surface area contributed by atoms with Crippen LogP contribution in [-0.4, -0.2) is 35.5 Å². The zero-order valence-corrected chi connectivity index (χ0v) is 14.0. The van der Waals surface area contributed by atoms with Gasteiger partial charge in [0.1, 0.15) is 24.4 Å². The third-order valence-corrected chi connectivity index (χ3v) is 4.48. The van der Waals surface area contributed by atoms with Gasteiger partial charge in [0, 0.05) is 3.57 Å². The van der Waals surface area contributed by atoms with Gasteiger partial charge in [0.05, 0.1) is 14.7 Å². The number of benzene rings is 1. The van der Waals surface area contributed by atoms with Gasteiger partial charge in [-0.15, -0.1) is 0 Å². The number of aldehydes is 2. The third kappa shape index (κ3) is 3.45. The molecule has 0 aromatic heterocycles. The van der Waals surface area contributed by atoms with Crippen LogP contribution < -0.4 is 11.1 Å². The molecule has 0 aliphatic rings. The van der Waals surface area contributed by atoms with E-state index in [1.165, 1.54) is 0 Å². The Morgan fingerprint density at radius 3 is 2.25 bits per heavy atom. The quantitative estimate of drug-likeness (QED) is 0.302. The lowest BCUT2D eigenvalue weighted by atomic mass is 10.1. The second-order valence-corrected chi connectivity index (χ2v) is 5.74. The Morgan fingerprint density at radius 1 is 1.25 bits per heavy atom. The van der Waals surface area contributed by atoms with E-state index < -0.39 is 17.9 Å². The zero-order chi connectivity index (χ0) is 15.4. The number of nitrogens with one attached hydrogen (secondary N) is 1. The highest BCUT2D eigenvalue weighted by atomic mass is 127. The third-order valence-electron chi connectivity index (χ3n) is 2.26. The number of aromatic hydroxyl groups is 1. The van der Waals surface area contributed by atoms with Gasteiger partial charge >= 0.3 is 0 Å². The van der Waals surface area contributed by atoms with Crippen molar-refractivity contribution in [1.82, 2.24) is 5.32 Å². The molecule has 106 valence electrons. The predicted octanol–water partition coefficient (Wildman–Crippen LogP) is 0.196. The van der Waals surface area contributed by atoms with Crippen molar-refractivity contribution >= 4 is 69.6 Å². The highest BCUT2D eigenvalue weighted by molar-refractivity contribution is 14.1. The standard InChI is InChI=1S/C11H8I2N2O5/c12-8-5(11(20)15-4(2-16)3-17)1-6(18)9(13)7(8)10(14)19/h1-4,18H,(H2,14,19)(H,15,20). The molecule has 0 aliphatic heterocycles. The maximum atomic E-state index is 11.9. The Balaban J connectivity index is 3.32. The van der Waals surface area contributed by atoms with Crippen molar-refractivity contribution in [3.8, 4) is 5.75 Å². The second kappa shape index (κ2) is 6.97. The Morgan fingerprint density at radius 2 is 1.80 bits per heavy atom. The van der Waals surface area contributed by atoms with Crippen molar-refractivity contribution in [2.45, 2.75) is 6.04 Å². The highest BCUT2D eigenvalue weighted by Crippen LogP contribution is 2.30. The minimum absolute atomic E-state index is 0.00473. The van der Waals surface area contributed by atoms with E-state index >= 15 is 0 Å². The topological polar surface area (TPSA) is 127 Å². The van der Waals surface area contributed by atoms with Crippen LogP contribution in [0.2, 0.25) is 0 Å². The second-order valence-electron chi connectivity index (χ2n) is 3.58. The number of halogens is 2. The minimum atomic E-state index is -1.29. The van der Waals surface area contributed by atoms with Crippen LogP contribution >= 0.6 is 45.2 Å². The zero-order valence-electron chi connectivity index (χ0n) is 9.72. The first kappa shape index (κ1) is 16.8. The molecule has 0 saturated heterocycles. The summed E-state index contributed by atoms with van der Waals surface area (Å²) >= 11 is 3.46. The van der Waals surface area contributed by atoms with E-state index in [-0.39, 0.29) is 36.6 Å². The lowest BCUT2D eigenvalue weighted by Crippen LogP contribution is -2.37. The van der Waals surface area contributed by atoms with Crippen LogP contribution in [0.15, 0.2) is 6.07 Å². The fraction of sp³-hybridized carbons (Fsp3) is 0.0909. The number of phenolic OH excluding ortho intramolecular Hbond substituents is 1. The van der Waals surface area contributed by atoms with Gasteiger partial charge in [0.25, 0.3) is 11.8 Å². The van der Waals surface area contributed by atoms with Gasteiger partial charge in [0.15, 0.2) is 0 Å². The summed E-state index contributed by atoms with van der Waals surface area (Å²) in [5, 5.41) is 11.9. The van der Waals surface area contributed by atoms with Crippen LogP contribution in [0.4, 0.5) is 0 Å². The molecule has 0 bridgehead atoms. The molecule has 9 heteroatoms. The molecule has 1 aromatic rings. The molecule has 0 fully saturated rings. The SMILES string of the molecule is NC(=O)c1c(I)c(O)cc(C(=O)NC(C=O)C=O)c1I. The molecule has 0 atom stereocenters. The van der Waals surface area contributed by atoms with E-state index in [1.54, 1.807) is 45.2 Å². The number of hydrogen-bond donors (Lipinski definition) is 3. The summed E-state index contributed by atoms with van der Waals surface area (Å²) in [7, 11) is 0. The molecule has 0 saturated carbocycles. The molecule has 1 rings (SSSR count). The summed E-state index contributed by atoms with van der Waals surface area (Å²) in [5.74, 6) is -1.86. The number of carbonyl (C=O) groups is 4. The van der Waals surface area contributed by atoms with Crippen LogP contribution in [-0.2, 0) is 9.59 Å². The van der Waals surface area contributed by atoms with Gasteiger partial charge in [0.2, 0.25) is 0 Å². The smallest absolute Gasteiger partial charge is 0.253 e. The van der Waals surface area contributed by atoms with Crippen molar-refractivity contribution in [3.05, 3.63) is 24.3 Å². The first-order valence-electron chi connectivity index (χ1n) is 5.05. The molecule has 0 radical (unpaired) electrons. The van der Waals surface area contributed by atoms with E-state index in [0.717, 1.165) is 6.07 Å². The summed E-state index contributed by atoms with van der Waals surface area (Å²) in [6.07, 6.45) is 0.526. The number of carbonyl (C=O) groups excluding carboxylic acids is 4. The molecule has 4 N–H and O–H groups in total. The molecule has 1 aromatic carbocycles. The molecule has 7 nitrogen and oxygen atoms in total. The van der Waals surface area contributed by atoms with Gasteiger partial charge in [-0.25, -0.2) is 0 Å². The van der Waals surface area contributed by atoms with Crippen LogP contribution in [0.25, 0.3) is 0 Å². The van der Waals surface area contributed by atoms with Crippen LogP contribution in [0, 0.1) is 7.14 Å². The minimum Gasteiger partial charge on any atom is -0.507 e. The highest BCUT2D eigenvalue weighted by Gasteiger charge is 2.23. The maximum absolute atomic E-state index is 11.9. The maximum Gasteiger partial charge on any atom is 0.253 e. The number of amides is 2. The van der Waals surface area contributed by atoms with Crippen molar-refractivity contribution in [2.24, 2.45) is 5.73 Å². The van der Waals surface area contributed by atoms with Gasteiger partial charge in [-0.1, -0.05) is 0 Å².